The Kier molecular flexibility index (Phi) is 6.01. The number of rotatable bonds is 6. The van der Waals surface area contributed by atoms with E-state index in [1.54, 1.807) is 0 Å². The van der Waals surface area contributed by atoms with Gasteiger partial charge in [0.25, 0.3) is 5.89 Å². The van der Waals surface area contributed by atoms with Crippen LogP contribution in [0.25, 0.3) is 0 Å². The maximum atomic E-state index is 13.5. The molecule has 2 aromatic carbocycles. The molecule has 0 aliphatic carbocycles. The number of ether oxygens (including phenoxy) is 1. The third-order valence-corrected chi connectivity index (χ3v) is 7.14. The summed E-state index contributed by atoms with van der Waals surface area (Å²) in [7, 11) is -3.69. The Bertz CT molecular complexity index is 1160. The lowest BCUT2D eigenvalue weighted by Crippen LogP contribution is -2.38. The zero-order chi connectivity index (χ0) is 22.0. The number of hydrogen-bond donors (Lipinski definition) is 0. The van der Waals surface area contributed by atoms with Crippen molar-refractivity contribution in [2.24, 2.45) is 0 Å². The molecule has 7 nitrogen and oxygen atoms in total. The molecule has 0 N–H and O–H groups in total. The van der Waals surface area contributed by atoms with Crippen molar-refractivity contribution < 1.29 is 26.5 Å². The van der Waals surface area contributed by atoms with E-state index in [1.165, 1.54) is 53.7 Å². The molecule has 0 spiro atoms. The Hall–Kier alpha value is -2.85. The summed E-state index contributed by atoms with van der Waals surface area (Å²) < 4.78 is 64.2. The summed E-state index contributed by atoms with van der Waals surface area (Å²) >= 11 is 0. The van der Waals surface area contributed by atoms with Crippen molar-refractivity contribution in [2.45, 2.75) is 37.2 Å². The highest BCUT2D eigenvalue weighted by molar-refractivity contribution is 7.89. The van der Waals surface area contributed by atoms with Gasteiger partial charge in [-0.3, -0.25) is 0 Å². The van der Waals surface area contributed by atoms with Crippen LogP contribution in [0.3, 0.4) is 0 Å². The summed E-state index contributed by atoms with van der Waals surface area (Å²) in [6.07, 6.45) is 1.08. The zero-order valence-corrected chi connectivity index (χ0v) is 17.6. The van der Waals surface area contributed by atoms with E-state index in [9.17, 15) is 17.2 Å². The summed E-state index contributed by atoms with van der Waals surface area (Å²) in [4.78, 5) is 4.43. The Morgan fingerprint density at radius 3 is 2.52 bits per heavy atom. The van der Waals surface area contributed by atoms with Crippen LogP contribution in [0.1, 0.15) is 36.0 Å². The van der Waals surface area contributed by atoms with Gasteiger partial charge in [-0.1, -0.05) is 5.16 Å². The van der Waals surface area contributed by atoms with Crippen molar-refractivity contribution in [1.29, 1.82) is 0 Å². The molecule has 1 fully saturated rings. The van der Waals surface area contributed by atoms with Gasteiger partial charge in [-0.25, -0.2) is 17.2 Å². The normalized spacial score (nSPS) is 15.8. The van der Waals surface area contributed by atoms with E-state index in [0.29, 0.717) is 37.5 Å². The molecule has 0 atom stereocenters. The average Bonchev–Trinajstić information content (AvgIpc) is 3.24. The van der Waals surface area contributed by atoms with Crippen LogP contribution in [-0.2, 0) is 16.6 Å². The molecule has 1 aromatic heterocycles. The van der Waals surface area contributed by atoms with Gasteiger partial charge in [0.05, 0.1) is 4.90 Å². The Morgan fingerprint density at radius 2 is 1.84 bits per heavy atom. The fourth-order valence-corrected chi connectivity index (χ4v) is 5.00. The van der Waals surface area contributed by atoms with Crippen LogP contribution in [-0.4, -0.2) is 36.0 Å². The molecule has 1 aliphatic rings. The molecule has 4 rings (SSSR count). The summed E-state index contributed by atoms with van der Waals surface area (Å²) in [6, 6.07) is 9.41. The first-order chi connectivity index (χ1) is 14.8. The number of piperidine rings is 1. The predicted molar refractivity (Wildman–Crippen MR) is 107 cm³/mol. The van der Waals surface area contributed by atoms with Crippen LogP contribution in [0.4, 0.5) is 8.78 Å². The van der Waals surface area contributed by atoms with Gasteiger partial charge in [-0.05, 0) is 67.8 Å². The Balaban J connectivity index is 1.35. The quantitative estimate of drug-likeness (QED) is 0.569. The first-order valence-electron chi connectivity index (χ1n) is 9.80. The fourth-order valence-electron chi connectivity index (χ4n) is 3.45. The van der Waals surface area contributed by atoms with Crippen LogP contribution in [0.5, 0.6) is 5.75 Å². The van der Waals surface area contributed by atoms with Crippen LogP contribution < -0.4 is 4.74 Å². The molecule has 1 saturated heterocycles. The monoisotopic (exact) mass is 449 g/mol. The van der Waals surface area contributed by atoms with Gasteiger partial charge in [0.15, 0.2) is 12.4 Å². The van der Waals surface area contributed by atoms with E-state index in [1.807, 2.05) is 0 Å². The minimum atomic E-state index is -3.69. The van der Waals surface area contributed by atoms with Gasteiger partial charge < -0.3 is 9.26 Å². The van der Waals surface area contributed by atoms with Crippen LogP contribution in [0, 0.1) is 18.6 Å². The number of aromatic nitrogens is 2. The van der Waals surface area contributed by atoms with Crippen LogP contribution >= 0.6 is 0 Å². The first-order valence-corrected chi connectivity index (χ1v) is 11.2. The predicted octanol–water partition coefficient (Wildman–Crippen LogP) is 3.80. The Morgan fingerprint density at radius 1 is 1.13 bits per heavy atom. The van der Waals surface area contributed by atoms with Crippen molar-refractivity contribution in [3.05, 3.63) is 71.4 Å². The second-order valence-electron chi connectivity index (χ2n) is 7.38. The highest BCUT2D eigenvalue weighted by atomic mass is 32.2. The van der Waals surface area contributed by atoms with Gasteiger partial charge in [0, 0.05) is 19.0 Å². The molecule has 31 heavy (non-hydrogen) atoms. The van der Waals surface area contributed by atoms with Crippen molar-refractivity contribution in [2.75, 3.05) is 13.1 Å². The van der Waals surface area contributed by atoms with Gasteiger partial charge in [-0.15, -0.1) is 0 Å². The minimum Gasteiger partial charge on any atom is -0.484 e. The zero-order valence-electron chi connectivity index (χ0n) is 16.8. The van der Waals surface area contributed by atoms with E-state index in [2.05, 4.69) is 10.1 Å². The first kappa shape index (κ1) is 21.4. The molecule has 0 saturated carbocycles. The van der Waals surface area contributed by atoms with Crippen molar-refractivity contribution in [1.82, 2.24) is 14.4 Å². The lowest BCUT2D eigenvalue weighted by Gasteiger charge is -2.29. The maximum Gasteiger partial charge on any atom is 0.264 e. The highest BCUT2D eigenvalue weighted by Crippen LogP contribution is 2.30. The molecular weight excluding hydrogens is 428 g/mol. The van der Waals surface area contributed by atoms with E-state index >= 15 is 0 Å². The number of nitrogens with zero attached hydrogens (tertiary/aromatic N) is 3. The molecule has 164 valence electrons. The standard InChI is InChI=1S/C21H21F2N3O4S/c1-14-12-18(6-7-19(14)23)31(27,28)26-10-8-15(9-11-26)21-24-20(30-25-21)13-29-17-4-2-16(22)3-5-17/h2-7,12,15H,8-11,13H2,1H3. The number of benzene rings is 2. The fraction of sp³-hybridized carbons (Fsp3) is 0.333. The number of aryl methyl sites for hydroxylation is 1. The molecule has 1 aliphatic heterocycles. The molecule has 0 amide bonds. The van der Waals surface area contributed by atoms with Crippen molar-refractivity contribution in [3.8, 4) is 5.75 Å². The minimum absolute atomic E-state index is 0.0373. The lowest BCUT2D eigenvalue weighted by atomic mass is 9.98. The largest absolute Gasteiger partial charge is 0.484 e. The average molecular weight is 449 g/mol. The molecule has 10 heteroatoms. The SMILES string of the molecule is Cc1cc(S(=O)(=O)N2CCC(c3noc(COc4ccc(F)cc4)n3)CC2)ccc1F. The van der Waals surface area contributed by atoms with Crippen molar-refractivity contribution >= 4 is 10.0 Å². The number of halogens is 2. The molecule has 2 heterocycles. The van der Waals surface area contributed by atoms with Crippen LogP contribution in [0.2, 0.25) is 0 Å². The van der Waals surface area contributed by atoms with Crippen LogP contribution in [0.15, 0.2) is 51.9 Å². The second-order valence-corrected chi connectivity index (χ2v) is 9.32. The molecular formula is C21H21F2N3O4S. The van der Waals surface area contributed by atoms with Gasteiger partial charge >= 0.3 is 0 Å². The van der Waals surface area contributed by atoms with E-state index in [0.717, 1.165) is 0 Å². The molecule has 3 aromatic rings. The summed E-state index contributed by atoms with van der Waals surface area (Å²) in [5.74, 6) is 0.452. The van der Waals surface area contributed by atoms with Crippen molar-refractivity contribution in [3.63, 3.8) is 0 Å². The smallest absolute Gasteiger partial charge is 0.264 e. The molecule has 0 radical (unpaired) electrons. The molecule has 0 unspecified atom stereocenters. The maximum absolute atomic E-state index is 13.5. The number of hydrogen-bond acceptors (Lipinski definition) is 6. The van der Waals surface area contributed by atoms with Gasteiger partial charge in [-0.2, -0.15) is 9.29 Å². The summed E-state index contributed by atoms with van der Waals surface area (Å²) in [6.45, 7) is 2.20. The number of sulfonamides is 1. The van der Waals surface area contributed by atoms with E-state index < -0.39 is 15.8 Å². The van der Waals surface area contributed by atoms with E-state index in [4.69, 9.17) is 9.26 Å². The Labute approximate surface area is 178 Å². The van der Waals surface area contributed by atoms with Gasteiger partial charge in [0.2, 0.25) is 10.0 Å². The van der Waals surface area contributed by atoms with E-state index in [-0.39, 0.29) is 34.7 Å². The third kappa shape index (κ3) is 4.75. The highest BCUT2D eigenvalue weighted by Gasteiger charge is 2.32. The summed E-state index contributed by atoms with van der Waals surface area (Å²) in [5, 5.41) is 4.00. The second kappa shape index (κ2) is 8.72. The summed E-state index contributed by atoms with van der Waals surface area (Å²) in [5.41, 5.74) is 0.290. The molecule has 0 bridgehead atoms. The topological polar surface area (TPSA) is 85.5 Å². The third-order valence-electron chi connectivity index (χ3n) is 5.25. The van der Waals surface area contributed by atoms with Gasteiger partial charge in [0.1, 0.15) is 17.4 Å². The lowest BCUT2D eigenvalue weighted by molar-refractivity contribution is 0.241.